The predicted molar refractivity (Wildman–Crippen MR) is 69.6 cm³/mol. The number of ether oxygens (including phenoxy) is 2. The van der Waals surface area contributed by atoms with E-state index >= 15 is 0 Å². The van der Waals surface area contributed by atoms with Gasteiger partial charge >= 0.3 is 0 Å². The van der Waals surface area contributed by atoms with Gasteiger partial charge in [-0.3, -0.25) is 0 Å². The van der Waals surface area contributed by atoms with Gasteiger partial charge in [0.2, 0.25) is 0 Å². The van der Waals surface area contributed by atoms with Gasteiger partial charge in [0.15, 0.2) is 0 Å². The second kappa shape index (κ2) is 6.47. The van der Waals surface area contributed by atoms with E-state index in [0.717, 1.165) is 17.1 Å². The van der Waals surface area contributed by atoms with Gasteiger partial charge in [0.1, 0.15) is 11.5 Å². The lowest BCUT2D eigenvalue weighted by Gasteiger charge is -2.24. The molecule has 3 N–H and O–H groups in total. The Morgan fingerprint density at radius 3 is 2.47 bits per heavy atom. The largest absolute Gasteiger partial charge is 0.497 e. The highest BCUT2D eigenvalue weighted by molar-refractivity contribution is 5.42. The zero-order chi connectivity index (χ0) is 12.8. The van der Waals surface area contributed by atoms with Crippen LogP contribution in [-0.2, 0) is 0 Å². The molecule has 17 heavy (non-hydrogen) atoms. The smallest absolute Gasteiger partial charge is 0.127 e. The minimum atomic E-state index is 0.181. The Kier molecular flexibility index (Phi) is 5.25. The number of nitrogens with two attached hydrogens (primary N) is 1. The van der Waals surface area contributed by atoms with Gasteiger partial charge in [-0.05, 0) is 25.6 Å². The topological polar surface area (TPSA) is 56.5 Å². The third kappa shape index (κ3) is 3.11. The van der Waals surface area contributed by atoms with Crippen molar-refractivity contribution in [2.24, 2.45) is 11.7 Å². The van der Waals surface area contributed by atoms with Crippen molar-refractivity contribution in [3.05, 3.63) is 23.8 Å². The van der Waals surface area contributed by atoms with E-state index in [1.807, 2.05) is 25.2 Å². The number of methoxy groups -OCH3 is 2. The summed E-state index contributed by atoms with van der Waals surface area (Å²) in [6, 6.07) is 6.03. The monoisotopic (exact) mass is 238 g/mol. The summed E-state index contributed by atoms with van der Waals surface area (Å²) in [5.74, 6) is 1.95. The molecule has 0 aromatic heterocycles. The Morgan fingerprint density at radius 1 is 1.29 bits per heavy atom. The molecule has 2 atom stereocenters. The van der Waals surface area contributed by atoms with Gasteiger partial charge in [0.25, 0.3) is 0 Å². The molecule has 0 amide bonds. The quantitative estimate of drug-likeness (QED) is 0.789. The molecule has 0 saturated carbocycles. The van der Waals surface area contributed by atoms with E-state index in [9.17, 15) is 0 Å². The van der Waals surface area contributed by atoms with Crippen LogP contribution in [0.1, 0.15) is 18.5 Å². The van der Waals surface area contributed by atoms with Crippen LogP contribution in [0.2, 0.25) is 0 Å². The van der Waals surface area contributed by atoms with Gasteiger partial charge in [0, 0.05) is 17.7 Å². The molecule has 0 fully saturated rings. The minimum absolute atomic E-state index is 0.181. The van der Waals surface area contributed by atoms with Crippen LogP contribution in [0.5, 0.6) is 11.5 Å². The van der Waals surface area contributed by atoms with Gasteiger partial charge < -0.3 is 20.5 Å². The molecule has 0 heterocycles. The van der Waals surface area contributed by atoms with Crippen LogP contribution in [0, 0.1) is 5.92 Å². The molecule has 2 unspecified atom stereocenters. The van der Waals surface area contributed by atoms with Gasteiger partial charge in [-0.15, -0.1) is 0 Å². The van der Waals surface area contributed by atoms with E-state index < -0.39 is 0 Å². The first-order valence-corrected chi connectivity index (χ1v) is 5.77. The maximum atomic E-state index is 5.73. The summed E-state index contributed by atoms with van der Waals surface area (Å²) in [6.45, 7) is 2.74. The van der Waals surface area contributed by atoms with Crippen LogP contribution >= 0.6 is 0 Å². The predicted octanol–water partition coefficient (Wildman–Crippen LogP) is 1.56. The molecule has 0 spiro atoms. The van der Waals surface area contributed by atoms with E-state index in [-0.39, 0.29) is 6.04 Å². The summed E-state index contributed by atoms with van der Waals surface area (Å²) in [5.41, 5.74) is 6.83. The van der Waals surface area contributed by atoms with E-state index in [4.69, 9.17) is 15.2 Å². The lowest BCUT2D eigenvalue weighted by atomic mass is 9.94. The molecule has 1 rings (SSSR count). The number of rotatable bonds is 6. The van der Waals surface area contributed by atoms with Crippen molar-refractivity contribution < 1.29 is 9.47 Å². The molecule has 96 valence electrons. The molecule has 0 saturated heterocycles. The van der Waals surface area contributed by atoms with Crippen molar-refractivity contribution in [2.45, 2.75) is 13.0 Å². The molecule has 1 aromatic rings. The maximum Gasteiger partial charge on any atom is 0.127 e. The van der Waals surface area contributed by atoms with Crippen molar-refractivity contribution in [1.82, 2.24) is 5.32 Å². The zero-order valence-electron chi connectivity index (χ0n) is 11.0. The number of hydrogen-bond acceptors (Lipinski definition) is 4. The van der Waals surface area contributed by atoms with Crippen molar-refractivity contribution in [2.75, 3.05) is 27.8 Å². The molecule has 0 radical (unpaired) electrons. The van der Waals surface area contributed by atoms with E-state index in [1.54, 1.807) is 14.2 Å². The number of benzene rings is 1. The van der Waals surface area contributed by atoms with Crippen LogP contribution in [-0.4, -0.2) is 27.8 Å². The number of hydrogen-bond donors (Lipinski definition) is 2. The Labute approximate surface area is 103 Å². The highest BCUT2D eigenvalue weighted by atomic mass is 16.5. The average molecular weight is 238 g/mol. The SMILES string of the molecule is CNC(c1ccc(OC)cc1OC)C(C)CN. The first kappa shape index (κ1) is 13.8. The van der Waals surface area contributed by atoms with Crippen molar-refractivity contribution in [1.29, 1.82) is 0 Å². The lowest BCUT2D eigenvalue weighted by Crippen LogP contribution is -2.28. The van der Waals surface area contributed by atoms with Crippen LogP contribution < -0.4 is 20.5 Å². The fraction of sp³-hybridized carbons (Fsp3) is 0.538. The first-order chi connectivity index (χ1) is 8.17. The summed E-state index contributed by atoms with van der Waals surface area (Å²) < 4.78 is 10.6. The highest BCUT2D eigenvalue weighted by Crippen LogP contribution is 2.32. The third-order valence-electron chi connectivity index (χ3n) is 3.03. The first-order valence-electron chi connectivity index (χ1n) is 5.77. The molecule has 0 aliphatic rings. The normalized spacial score (nSPS) is 14.2. The van der Waals surface area contributed by atoms with E-state index in [1.165, 1.54) is 0 Å². The molecule has 0 aliphatic heterocycles. The van der Waals surface area contributed by atoms with Crippen molar-refractivity contribution in [3.8, 4) is 11.5 Å². The summed E-state index contributed by atoms with van der Waals surface area (Å²) >= 11 is 0. The molecular weight excluding hydrogens is 216 g/mol. The Bertz CT molecular complexity index is 355. The minimum Gasteiger partial charge on any atom is -0.497 e. The van der Waals surface area contributed by atoms with Crippen molar-refractivity contribution in [3.63, 3.8) is 0 Å². The second-order valence-electron chi connectivity index (χ2n) is 4.09. The molecule has 0 aliphatic carbocycles. The van der Waals surface area contributed by atoms with Crippen LogP contribution in [0.15, 0.2) is 18.2 Å². The summed E-state index contributed by atoms with van der Waals surface area (Å²) in [7, 11) is 5.24. The molecular formula is C13H22N2O2. The van der Waals surface area contributed by atoms with Gasteiger partial charge in [0.05, 0.1) is 14.2 Å². The standard InChI is InChI=1S/C13H22N2O2/c1-9(8-14)13(15-2)11-6-5-10(16-3)7-12(11)17-4/h5-7,9,13,15H,8,14H2,1-4H3. The fourth-order valence-corrected chi connectivity index (χ4v) is 1.96. The highest BCUT2D eigenvalue weighted by Gasteiger charge is 2.20. The van der Waals surface area contributed by atoms with Gasteiger partial charge in [-0.1, -0.05) is 13.0 Å². The molecule has 4 nitrogen and oxygen atoms in total. The van der Waals surface area contributed by atoms with Crippen LogP contribution in [0.3, 0.4) is 0 Å². The summed E-state index contributed by atoms with van der Waals surface area (Å²) in [5, 5.41) is 3.28. The average Bonchev–Trinajstić information content (AvgIpc) is 2.39. The molecule has 0 bridgehead atoms. The summed E-state index contributed by atoms with van der Waals surface area (Å²) in [6.07, 6.45) is 0. The second-order valence-corrected chi connectivity index (χ2v) is 4.09. The zero-order valence-corrected chi connectivity index (χ0v) is 11.0. The lowest BCUT2D eigenvalue weighted by molar-refractivity contribution is 0.366. The van der Waals surface area contributed by atoms with Crippen LogP contribution in [0.4, 0.5) is 0 Å². The Morgan fingerprint density at radius 2 is 2.00 bits per heavy atom. The molecule has 4 heteroatoms. The third-order valence-corrected chi connectivity index (χ3v) is 3.03. The van der Waals surface area contributed by atoms with E-state index in [0.29, 0.717) is 12.5 Å². The Hall–Kier alpha value is -1.26. The van der Waals surface area contributed by atoms with Crippen molar-refractivity contribution >= 4 is 0 Å². The Balaban J connectivity index is 3.10. The molecule has 1 aromatic carbocycles. The number of nitrogens with one attached hydrogen (secondary N) is 1. The maximum absolute atomic E-state index is 5.73. The van der Waals surface area contributed by atoms with Gasteiger partial charge in [-0.25, -0.2) is 0 Å². The fourth-order valence-electron chi connectivity index (χ4n) is 1.96. The van der Waals surface area contributed by atoms with E-state index in [2.05, 4.69) is 12.2 Å². The van der Waals surface area contributed by atoms with Gasteiger partial charge in [-0.2, -0.15) is 0 Å². The van der Waals surface area contributed by atoms with Crippen LogP contribution in [0.25, 0.3) is 0 Å². The summed E-state index contributed by atoms with van der Waals surface area (Å²) in [4.78, 5) is 0.